The number of nitro groups is 1. The zero-order valence-electron chi connectivity index (χ0n) is 7.64. The van der Waals surface area contributed by atoms with Gasteiger partial charge in [-0.1, -0.05) is 12.1 Å². The Bertz CT molecular complexity index is 359. The van der Waals surface area contributed by atoms with Gasteiger partial charge in [0.05, 0.1) is 11.0 Å². The number of Topliss-reactive ketones (excluding diaryl/α,β-unsaturated/α-hetero) is 1. The molecule has 0 saturated carbocycles. The molecule has 74 valence electrons. The van der Waals surface area contributed by atoms with Gasteiger partial charge in [0.2, 0.25) is 0 Å². The van der Waals surface area contributed by atoms with Crippen LogP contribution in [0.4, 0.5) is 5.69 Å². The van der Waals surface area contributed by atoms with Gasteiger partial charge < -0.3 is 5.73 Å². The van der Waals surface area contributed by atoms with E-state index in [0.29, 0.717) is 5.56 Å². The molecule has 0 spiro atoms. The zero-order chi connectivity index (χ0) is 10.7. The molecule has 1 rings (SSSR count). The fourth-order valence-electron chi connectivity index (χ4n) is 1.04. The number of carbonyl (C=O) groups excluding carboxylic acids is 1. The number of rotatable bonds is 3. The molecule has 0 saturated heterocycles. The van der Waals surface area contributed by atoms with Crippen LogP contribution in [0.5, 0.6) is 0 Å². The van der Waals surface area contributed by atoms with E-state index >= 15 is 0 Å². The monoisotopic (exact) mass is 194 g/mol. The first-order valence-corrected chi connectivity index (χ1v) is 4.02. The number of benzene rings is 1. The Morgan fingerprint density at radius 1 is 1.43 bits per heavy atom. The minimum absolute atomic E-state index is 0.00972. The molecule has 0 aliphatic heterocycles. The summed E-state index contributed by atoms with van der Waals surface area (Å²) >= 11 is 0. The lowest BCUT2D eigenvalue weighted by Gasteiger charge is -2.06. The fourth-order valence-corrected chi connectivity index (χ4v) is 1.04. The van der Waals surface area contributed by atoms with E-state index in [1.807, 2.05) is 0 Å². The lowest BCUT2D eigenvalue weighted by molar-refractivity contribution is -0.384. The quantitative estimate of drug-likeness (QED) is 0.578. The molecule has 0 amide bonds. The molecule has 0 radical (unpaired) electrons. The van der Waals surface area contributed by atoms with Crippen molar-refractivity contribution < 1.29 is 9.72 Å². The predicted octanol–water partition coefficient (Wildman–Crippen LogP) is 1.18. The standard InChI is InChI=1S/C9H10N2O3/c1-6(12)9(10)7-2-4-8(5-3-7)11(13)14/h2-5,9H,10H2,1H3. The van der Waals surface area contributed by atoms with Crippen LogP contribution in [0.15, 0.2) is 24.3 Å². The Hall–Kier alpha value is -1.75. The number of carbonyl (C=O) groups is 1. The van der Waals surface area contributed by atoms with E-state index in [9.17, 15) is 14.9 Å². The maximum absolute atomic E-state index is 10.9. The van der Waals surface area contributed by atoms with Crippen LogP contribution in [-0.2, 0) is 4.79 Å². The number of nitrogens with zero attached hydrogens (tertiary/aromatic N) is 1. The van der Waals surface area contributed by atoms with E-state index in [1.165, 1.54) is 31.2 Å². The van der Waals surface area contributed by atoms with Crippen molar-refractivity contribution in [2.24, 2.45) is 5.73 Å². The van der Waals surface area contributed by atoms with Crippen molar-refractivity contribution in [1.82, 2.24) is 0 Å². The maximum Gasteiger partial charge on any atom is 0.269 e. The van der Waals surface area contributed by atoms with E-state index in [2.05, 4.69) is 0 Å². The van der Waals surface area contributed by atoms with Gasteiger partial charge in [-0.2, -0.15) is 0 Å². The summed E-state index contributed by atoms with van der Waals surface area (Å²) in [7, 11) is 0. The smallest absolute Gasteiger partial charge is 0.269 e. The van der Waals surface area contributed by atoms with E-state index in [0.717, 1.165) is 0 Å². The molecule has 5 heteroatoms. The van der Waals surface area contributed by atoms with Crippen LogP contribution < -0.4 is 5.73 Å². The average molecular weight is 194 g/mol. The SMILES string of the molecule is CC(=O)C(N)c1ccc([N+](=O)[O-])cc1. The number of ketones is 1. The molecule has 1 aromatic rings. The normalized spacial score (nSPS) is 12.1. The second kappa shape index (κ2) is 3.97. The van der Waals surface area contributed by atoms with Crippen LogP contribution in [0.3, 0.4) is 0 Å². The van der Waals surface area contributed by atoms with Crippen molar-refractivity contribution >= 4 is 11.5 Å². The number of non-ortho nitro benzene ring substituents is 1. The molecule has 0 aliphatic carbocycles. The van der Waals surface area contributed by atoms with Crippen LogP contribution >= 0.6 is 0 Å². The molecule has 1 aromatic carbocycles. The highest BCUT2D eigenvalue weighted by molar-refractivity contribution is 5.82. The first-order valence-electron chi connectivity index (χ1n) is 4.02. The Labute approximate surface area is 80.7 Å². The van der Waals surface area contributed by atoms with Crippen LogP contribution in [0.2, 0.25) is 0 Å². The highest BCUT2D eigenvalue weighted by Crippen LogP contribution is 2.16. The highest BCUT2D eigenvalue weighted by Gasteiger charge is 2.12. The summed E-state index contributed by atoms with van der Waals surface area (Å²) in [5.41, 5.74) is 6.12. The lowest BCUT2D eigenvalue weighted by Crippen LogP contribution is -2.18. The largest absolute Gasteiger partial charge is 0.318 e. The van der Waals surface area contributed by atoms with Crippen LogP contribution in [0, 0.1) is 10.1 Å². The third kappa shape index (κ3) is 2.14. The van der Waals surface area contributed by atoms with Gasteiger partial charge in [0, 0.05) is 12.1 Å². The number of nitro benzene ring substituents is 1. The van der Waals surface area contributed by atoms with Gasteiger partial charge in [-0.25, -0.2) is 0 Å². The highest BCUT2D eigenvalue weighted by atomic mass is 16.6. The van der Waals surface area contributed by atoms with E-state index < -0.39 is 11.0 Å². The summed E-state index contributed by atoms with van der Waals surface area (Å²) in [6.45, 7) is 1.38. The summed E-state index contributed by atoms with van der Waals surface area (Å²) in [6.07, 6.45) is 0. The van der Waals surface area contributed by atoms with Gasteiger partial charge in [0.25, 0.3) is 5.69 Å². The predicted molar refractivity (Wildman–Crippen MR) is 50.7 cm³/mol. The van der Waals surface area contributed by atoms with Crippen molar-refractivity contribution in [1.29, 1.82) is 0 Å². The van der Waals surface area contributed by atoms with Gasteiger partial charge in [-0.3, -0.25) is 14.9 Å². The summed E-state index contributed by atoms with van der Waals surface area (Å²) in [5.74, 6) is -0.168. The van der Waals surface area contributed by atoms with Crippen molar-refractivity contribution in [3.8, 4) is 0 Å². The Morgan fingerprint density at radius 3 is 2.29 bits per heavy atom. The van der Waals surface area contributed by atoms with Gasteiger partial charge in [0.15, 0.2) is 5.78 Å². The van der Waals surface area contributed by atoms with Crippen molar-refractivity contribution in [2.45, 2.75) is 13.0 Å². The second-order valence-electron chi connectivity index (χ2n) is 2.94. The lowest BCUT2D eigenvalue weighted by atomic mass is 10.0. The summed E-state index contributed by atoms with van der Waals surface area (Å²) < 4.78 is 0. The Kier molecular flexibility index (Phi) is 2.93. The Balaban J connectivity index is 2.94. The first-order chi connectivity index (χ1) is 6.52. The summed E-state index contributed by atoms with van der Waals surface area (Å²) in [4.78, 5) is 20.7. The molecular formula is C9H10N2O3. The zero-order valence-corrected chi connectivity index (χ0v) is 7.64. The molecule has 2 N–H and O–H groups in total. The molecule has 14 heavy (non-hydrogen) atoms. The topological polar surface area (TPSA) is 86.2 Å². The minimum atomic E-state index is -0.698. The molecule has 0 aliphatic rings. The van der Waals surface area contributed by atoms with Gasteiger partial charge >= 0.3 is 0 Å². The van der Waals surface area contributed by atoms with E-state index in [-0.39, 0.29) is 11.5 Å². The molecule has 5 nitrogen and oxygen atoms in total. The third-order valence-corrected chi connectivity index (χ3v) is 1.90. The van der Waals surface area contributed by atoms with Crippen molar-refractivity contribution in [3.63, 3.8) is 0 Å². The van der Waals surface area contributed by atoms with Crippen LogP contribution in [0.25, 0.3) is 0 Å². The van der Waals surface area contributed by atoms with E-state index in [1.54, 1.807) is 0 Å². The number of nitrogens with two attached hydrogens (primary N) is 1. The summed E-state index contributed by atoms with van der Waals surface area (Å²) in [6, 6.07) is 4.95. The fraction of sp³-hybridized carbons (Fsp3) is 0.222. The molecule has 0 heterocycles. The Morgan fingerprint density at radius 2 is 1.93 bits per heavy atom. The number of hydrogen-bond acceptors (Lipinski definition) is 4. The average Bonchev–Trinajstić information content (AvgIpc) is 2.16. The van der Waals surface area contributed by atoms with Gasteiger partial charge in [0.1, 0.15) is 0 Å². The van der Waals surface area contributed by atoms with Gasteiger partial charge in [-0.15, -0.1) is 0 Å². The van der Waals surface area contributed by atoms with Crippen LogP contribution in [-0.4, -0.2) is 10.7 Å². The summed E-state index contributed by atoms with van der Waals surface area (Å²) in [5, 5.41) is 10.3. The molecule has 1 atom stereocenters. The molecule has 0 aromatic heterocycles. The molecule has 0 bridgehead atoms. The first kappa shape index (κ1) is 10.3. The van der Waals surface area contributed by atoms with Crippen LogP contribution in [0.1, 0.15) is 18.5 Å². The molecular weight excluding hydrogens is 184 g/mol. The molecule has 0 fully saturated rings. The minimum Gasteiger partial charge on any atom is -0.318 e. The maximum atomic E-state index is 10.9. The second-order valence-corrected chi connectivity index (χ2v) is 2.94. The molecule has 1 unspecified atom stereocenters. The van der Waals surface area contributed by atoms with E-state index in [4.69, 9.17) is 5.73 Å². The van der Waals surface area contributed by atoms with Crippen molar-refractivity contribution in [2.75, 3.05) is 0 Å². The van der Waals surface area contributed by atoms with Crippen molar-refractivity contribution in [3.05, 3.63) is 39.9 Å². The van der Waals surface area contributed by atoms with Gasteiger partial charge in [-0.05, 0) is 12.5 Å². The third-order valence-electron chi connectivity index (χ3n) is 1.90. The number of hydrogen-bond donors (Lipinski definition) is 1.